The van der Waals surface area contributed by atoms with Crippen LogP contribution in [0.5, 0.6) is 0 Å². The number of hydrogen-bond acceptors (Lipinski definition) is 8. The number of nitrogens with one attached hydrogen (secondary N) is 1. The van der Waals surface area contributed by atoms with Crippen molar-refractivity contribution < 1.29 is 33.7 Å². The zero-order valence-electron chi connectivity index (χ0n) is 15.0. The van der Waals surface area contributed by atoms with Crippen LogP contribution in [0.4, 0.5) is 11.4 Å². The molecule has 0 radical (unpaired) electrons. The number of rotatable bonds is 4. The molecule has 2 aliphatic heterocycles. The number of morpholine rings is 1. The van der Waals surface area contributed by atoms with Crippen LogP contribution in [0.25, 0.3) is 0 Å². The second-order valence-electron chi connectivity index (χ2n) is 6.49. The van der Waals surface area contributed by atoms with E-state index in [1.54, 1.807) is 12.1 Å². The summed E-state index contributed by atoms with van der Waals surface area (Å²) in [5, 5.41) is 12.4. The molecular formula is C18H20N2O7. The van der Waals surface area contributed by atoms with E-state index in [9.17, 15) is 19.5 Å². The molecule has 0 aliphatic carbocycles. The van der Waals surface area contributed by atoms with Crippen LogP contribution in [0.2, 0.25) is 0 Å². The van der Waals surface area contributed by atoms with Gasteiger partial charge in [0, 0.05) is 33.1 Å². The van der Waals surface area contributed by atoms with Crippen LogP contribution in [0.3, 0.4) is 0 Å². The largest absolute Gasteiger partial charge is 0.478 e. The van der Waals surface area contributed by atoms with Crippen LogP contribution in [-0.4, -0.2) is 55.1 Å². The van der Waals surface area contributed by atoms with E-state index in [1.807, 2.05) is 4.90 Å². The van der Waals surface area contributed by atoms with E-state index in [0.29, 0.717) is 37.7 Å². The van der Waals surface area contributed by atoms with Gasteiger partial charge < -0.3 is 29.5 Å². The Labute approximate surface area is 155 Å². The Hall–Kier alpha value is -3.07. The molecule has 0 unspecified atom stereocenters. The van der Waals surface area contributed by atoms with Gasteiger partial charge in [-0.2, -0.15) is 0 Å². The van der Waals surface area contributed by atoms with Crippen molar-refractivity contribution >= 4 is 29.3 Å². The maximum atomic E-state index is 12.1. The van der Waals surface area contributed by atoms with E-state index in [2.05, 4.69) is 5.32 Å². The van der Waals surface area contributed by atoms with Crippen LogP contribution in [0.15, 0.2) is 30.0 Å². The second kappa shape index (κ2) is 7.28. The van der Waals surface area contributed by atoms with Gasteiger partial charge >= 0.3 is 17.9 Å². The summed E-state index contributed by atoms with van der Waals surface area (Å²) in [6, 6.07) is 4.74. The molecule has 0 bridgehead atoms. The number of carboxylic acid groups (broad SMARTS) is 1. The first-order chi connectivity index (χ1) is 12.8. The number of anilines is 2. The van der Waals surface area contributed by atoms with Gasteiger partial charge in [0.25, 0.3) is 5.79 Å². The highest BCUT2D eigenvalue weighted by Crippen LogP contribution is 2.32. The molecule has 1 aromatic carbocycles. The molecular weight excluding hydrogens is 356 g/mol. The van der Waals surface area contributed by atoms with Gasteiger partial charge in [-0.1, -0.05) is 6.07 Å². The van der Waals surface area contributed by atoms with Gasteiger partial charge in [0.15, 0.2) is 5.57 Å². The summed E-state index contributed by atoms with van der Waals surface area (Å²) < 4.78 is 15.4. The normalized spacial score (nSPS) is 19.2. The molecule has 2 N–H and O–H groups in total. The monoisotopic (exact) mass is 376 g/mol. The summed E-state index contributed by atoms with van der Waals surface area (Å²) in [5.41, 5.74) is 0.705. The first-order valence-electron chi connectivity index (χ1n) is 8.41. The minimum Gasteiger partial charge on any atom is -0.478 e. The average Bonchev–Trinajstić information content (AvgIpc) is 2.60. The molecule has 9 heteroatoms. The van der Waals surface area contributed by atoms with E-state index in [4.69, 9.17) is 14.2 Å². The molecule has 0 atom stereocenters. The average molecular weight is 376 g/mol. The molecule has 144 valence electrons. The summed E-state index contributed by atoms with van der Waals surface area (Å²) in [6.07, 6.45) is 1.17. The quantitative estimate of drug-likeness (QED) is 0.456. The smallest absolute Gasteiger partial charge is 0.350 e. The molecule has 0 aromatic heterocycles. The van der Waals surface area contributed by atoms with Crippen molar-refractivity contribution in [3.63, 3.8) is 0 Å². The summed E-state index contributed by atoms with van der Waals surface area (Å²) in [6.45, 7) is 4.91. The molecule has 0 spiro atoms. The third kappa shape index (κ3) is 4.03. The maximum Gasteiger partial charge on any atom is 0.350 e. The van der Waals surface area contributed by atoms with Crippen molar-refractivity contribution in [3.05, 3.63) is 35.5 Å². The minimum absolute atomic E-state index is 0.107. The first kappa shape index (κ1) is 18.7. The number of esters is 2. The molecule has 27 heavy (non-hydrogen) atoms. The topological polar surface area (TPSA) is 114 Å². The maximum absolute atomic E-state index is 12.1. The molecule has 0 saturated carbocycles. The number of ether oxygens (including phenoxy) is 3. The van der Waals surface area contributed by atoms with Crippen molar-refractivity contribution in [1.29, 1.82) is 0 Å². The molecule has 2 aliphatic rings. The lowest BCUT2D eigenvalue weighted by Gasteiger charge is -2.32. The highest BCUT2D eigenvalue weighted by atomic mass is 16.7. The van der Waals surface area contributed by atoms with E-state index in [-0.39, 0.29) is 11.1 Å². The van der Waals surface area contributed by atoms with Gasteiger partial charge in [-0.25, -0.2) is 14.4 Å². The summed E-state index contributed by atoms with van der Waals surface area (Å²) >= 11 is 0. The number of cyclic esters (lactones) is 2. The molecule has 0 amide bonds. The summed E-state index contributed by atoms with van der Waals surface area (Å²) in [4.78, 5) is 37.6. The van der Waals surface area contributed by atoms with Gasteiger partial charge in [-0.15, -0.1) is 0 Å². The summed E-state index contributed by atoms with van der Waals surface area (Å²) in [7, 11) is 0. The van der Waals surface area contributed by atoms with Crippen LogP contribution in [-0.2, 0) is 23.8 Å². The molecule has 1 aromatic rings. The number of carboxylic acids is 1. The van der Waals surface area contributed by atoms with Crippen molar-refractivity contribution in [2.24, 2.45) is 0 Å². The predicted octanol–water partition coefficient (Wildman–Crippen LogP) is 1.35. The number of benzene rings is 1. The SMILES string of the molecule is CC1(C)OC(=O)C(=CNc2cccc(C(=O)O)c2N2CCOCC2)C(=O)O1. The summed E-state index contributed by atoms with van der Waals surface area (Å²) in [5.74, 6) is -4.03. The fraction of sp³-hybridized carbons (Fsp3) is 0.389. The first-order valence-corrected chi connectivity index (χ1v) is 8.41. The van der Waals surface area contributed by atoms with Gasteiger partial charge in [-0.05, 0) is 12.1 Å². The lowest BCUT2D eigenvalue weighted by atomic mass is 10.1. The number of aromatic carboxylic acids is 1. The van der Waals surface area contributed by atoms with Crippen molar-refractivity contribution in [2.75, 3.05) is 36.5 Å². The molecule has 9 nitrogen and oxygen atoms in total. The van der Waals surface area contributed by atoms with Crippen molar-refractivity contribution in [1.82, 2.24) is 0 Å². The standard InChI is InChI=1S/C18H20N2O7/c1-18(2)26-16(23)12(17(24)27-18)10-19-13-5-3-4-11(15(21)22)14(13)20-6-8-25-9-7-20/h3-5,10,19H,6-9H2,1-2H3,(H,21,22). The van der Waals surface area contributed by atoms with Crippen LogP contribution in [0.1, 0.15) is 24.2 Å². The Kier molecular flexibility index (Phi) is 5.04. The van der Waals surface area contributed by atoms with Crippen molar-refractivity contribution in [2.45, 2.75) is 19.6 Å². The molecule has 3 rings (SSSR count). The van der Waals surface area contributed by atoms with Gasteiger partial charge in [-0.3, -0.25) is 0 Å². The fourth-order valence-corrected chi connectivity index (χ4v) is 2.89. The van der Waals surface area contributed by atoms with Gasteiger partial charge in [0.2, 0.25) is 0 Å². The van der Waals surface area contributed by atoms with Gasteiger partial charge in [0.1, 0.15) is 0 Å². The molecule has 2 saturated heterocycles. The number of carbonyl (C=O) groups excluding carboxylic acids is 2. The predicted molar refractivity (Wildman–Crippen MR) is 94.4 cm³/mol. The van der Waals surface area contributed by atoms with Crippen LogP contribution in [0, 0.1) is 0 Å². The fourth-order valence-electron chi connectivity index (χ4n) is 2.89. The highest BCUT2D eigenvalue weighted by molar-refractivity contribution is 6.15. The Morgan fingerprint density at radius 1 is 1.19 bits per heavy atom. The van der Waals surface area contributed by atoms with Gasteiger partial charge in [0.05, 0.1) is 30.2 Å². The Balaban J connectivity index is 1.93. The lowest BCUT2D eigenvalue weighted by molar-refractivity contribution is -0.222. The molecule has 2 fully saturated rings. The third-order valence-corrected chi connectivity index (χ3v) is 4.08. The van der Waals surface area contributed by atoms with E-state index in [1.165, 1.54) is 26.1 Å². The number of hydrogen-bond donors (Lipinski definition) is 2. The molecule has 2 heterocycles. The Morgan fingerprint density at radius 2 is 1.81 bits per heavy atom. The number of para-hydroxylation sites is 1. The number of nitrogens with zero attached hydrogens (tertiary/aromatic N) is 1. The van der Waals surface area contributed by atoms with E-state index < -0.39 is 23.7 Å². The Morgan fingerprint density at radius 3 is 2.41 bits per heavy atom. The zero-order valence-corrected chi connectivity index (χ0v) is 15.0. The zero-order chi connectivity index (χ0) is 19.6. The van der Waals surface area contributed by atoms with Crippen LogP contribution >= 0.6 is 0 Å². The van der Waals surface area contributed by atoms with E-state index in [0.717, 1.165) is 0 Å². The third-order valence-electron chi connectivity index (χ3n) is 4.08. The lowest BCUT2D eigenvalue weighted by Crippen LogP contribution is -2.42. The van der Waals surface area contributed by atoms with E-state index >= 15 is 0 Å². The minimum atomic E-state index is -1.33. The highest BCUT2D eigenvalue weighted by Gasteiger charge is 2.39. The Bertz CT molecular complexity index is 788. The van der Waals surface area contributed by atoms with Crippen LogP contribution < -0.4 is 10.2 Å². The number of carbonyl (C=O) groups is 3. The second-order valence-corrected chi connectivity index (χ2v) is 6.49. The van der Waals surface area contributed by atoms with Crippen molar-refractivity contribution in [3.8, 4) is 0 Å².